The van der Waals surface area contributed by atoms with Crippen LogP contribution in [0.2, 0.25) is 0 Å². The lowest BCUT2D eigenvalue weighted by molar-refractivity contribution is -0.274. The molecule has 5 rings (SSSR count). The van der Waals surface area contributed by atoms with E-state index in [1.54, 1.807) is 24.3 Å². The summed E-state index contributed by atoms with van der Waals surface area (Å²) in [4.78, 5) is 42.4. The fraction of sp³-hybridized carbons (Fsp3) is 0.0952. The van der Waals surface area contributed by atoms with Crippen molar-refractivity contribution in [2.75, 3.05) is 5.32 Å². The van der Waals surface area contributed by atoms with Gasteiger partial charge in [0.2, 0.25) is 0 Å². The largest absolute Gasteiger partial charge is 0.573 e. The second-order valence-electron chi connectivity index (χ2n) is 7.04. The molecule has 0 amide bonds. The molecule has 10 heteroatoms. The van der Waals surface area contributed by atoms with Crippen molar-refractivity contribution in [3.63, 3.8) is 0 Å². The van der Waals surface area contributed by atoms with Gasteiger partial charge in [-0.25, -0.2) is 4.79 Å². The fourth-order valence-electron chi connectivity index (χ4n) is 4.05. The molecule has 31 heavy (non-hydrogen) atoms. The molecule has 3 aromatic rings. The molecule has 0 saturated carbocycles. The van der Waals surface area contributed by atoms with E-state index in [-0.39, 0.29) is 22.7 Å². The summed E-state index contributed by atoms with van der Waals surface area (Å²) in [6, 6.07) is 11.8. The predicted molar refractivity (Wildman–Crippen MR) is 104 cm³/mol. The molecule has 1 aliphatic carbocycles. The number of carbonyl (C=O) groups is 1. The Hall–Kier alpha value is -4.08. The highest BCUT2D eigenvalue weighted by atomic mass is 19.4. The highest BCUT2D eigenvalue weighted by Crippen LogP contribution is 2.47. The summed E-state index contributed by atoms with van der Waals surface area (Å²) in [7, 11) is 0. The van der Waals surface area contributed by atoms with Gasteiger partial charge in [-0.05, 0) is 17.7 Å². The summed E-state index contributed by atoms with van der Waals surface area (Å²) in [6.07, 6.45) is -4.85. The van der Waals surface area contributed by atoms with E-state index >= 15 is 0 Å². The summed E-state index contributed by atoms with van der Waals surface area (Å²) in [5.41, 5.74) is 0.788. The van der Waals surface area contributed by atoms with E-state index in [1.807, 2.05) is 0 Å². The number of allylic oxidation sites excluding steroid dienone is 1. The van der Waals surface area contributed by atoms with Crippen LogP contribution in [0.1, 0.15) is 33.0 Å². The first kappa shape index (κ1) is 18.9. The maximum Gasteiger partial charge on any atom is 0.573 e. The minimum Gasteiger partial charge on any atom is -0.406 e. The first-order chi connectivity index (χ1) is 14.7. The lowest BCUT2D eigenvalue weighted by atomic mass is 9.81. The lowest BCUT2D eigenvalue weighted by Gasteiger charge is -2.27. The number of fused-ring (bicyclic) bond motifs is 3. The molecule has 1 atom stereocenters. The molecule has 3 N–H and O–H groups in total. The first-order valence-electron chi connectivity index (χ1n) is 9.10. The number of aromatic nitrogens is 2. The molecule has 0 saturated heterocycles. The summed E-state index contributed by atoms with van der Waals surface area (Å²) >= 11 is 0. The standard InChI is InChI=1S/C21H12F3N3O4/c22-21(23,24)31-10-7-5-9(6-8-10)13-14-16(11-3-1-2-4-12(11)17(14)28)25-18-15(13)19(29)27-20(30)26-18/h1-8,13H,(H3,25,26,27,29,30). The Labute approximate surface area is 171 Å². The van der Waals surface area contributed by atoms with Crippen molar-refractivity contribution in [2.24, 2.45) is 0 Å². The molecule has 2 heterocycles. The molecule has 0 fully saturated rings. The van der Waals surface area contributed by atoms with Crippen molar-refractivity contribution in [3.8, 4) is 5.75 Å². The van der Waals surface area contributed by atoms with Crippen LogP contribution < -0.4 is 21.3 Å². The fourth-order valence-corrected chi connectivity index (χ4v) is 4.05. The monoisotopic (exact) mass is 427 g/mol. The summed E-state index contributed by atoms with van der Waals surface area (Å²) in [5.74, 6) is -1.53. The van der Waals surface area contributed by atoms with Gasteiger partial charge in [0, 0.05) is 22.6 Å². The normalized spacial score (nSPS) is 17.0. The zero-order valence-electron chi connectivity index (χ0n) is 15.5. The number of nitrogens with one attached hydrogen (secondary N) is 3. The lowest BCUT2D eigenvalue weighted by Crippen LogP contribution is -2.33. The number of ketones is 1. The van der Waals surface area contributed by atoms with Gasteiger partial charge in [-0.1, -0.05) is 36.4 Å². The van der Waals surface area contributed by atoms with Gasteiger partial charge in [0.1, 0.15) is 11.6 Å². The van der Waals surface area contributed by atoms with E-state index in [9.17, 15) is 27.6 Å². The third kappa shape index (κ3) is 3.03. The molecule has 2 aromatic carbocycles. The van der Waals surface area contributed by atoms with Gasteiger partial charge in [-0.15, -0.1) is 13.2 Å². The molecule has 156 valence electrons. The van der Waals surface area contributed by atoms with Crippen molar-refractivity contribution in [1.82, 2.24) is 9.97 Å². The van der Waals surface area contributed by atoms with Crippen molar-refractivity contribution >= 4 is 17.3 Å². The smallest absolute Gasteiger partial charge is 0.406 e. The zero-order chi connectivity index (χ0) is 21.9. The van der Waals surface area contributed by atoms with Crippen LogP contribution in [0.3, 0.4) is 0 Å². The van der Waals surface area contributed by atoms with Crippen LogP contribution in [-0.2, 0) is 0 Å². The van der Waals surface area contributed by atoms with E-state index < -0.39 is 29.3 Å². The van der Waals surface area contributed by atoms with Crippen molar-refractivity contribution in [3.05, 3.63) is 97.2 Å². The number of H-pyrrole nitrogens is 2. The number of hydrogen-bond acceptors (Lipinski definition) is 5. The molecular weight excluding hydrogens is 415 g/mol. The Bertz CT molecular complexity index is 1380. The second kappa shape index (κ2) is 6.46. The van der Waals surface area contributed by atoms with Gasteiger partial charge in [0.15, 0.2) is 5.78 Å². The third-order valence-electron chi connectivity index (χ3n) is 5.21. The molecule has 7 nitrogen and oxygen atoms in total. The Morgan fingerprint density at radius 2 is 1.55 bits per heavy atom. The second-order valence-corrected chi connectivity index (χ2v) is 7.04. The van der Waals surface area contributed by atoms with Gasteiger partial charge in [0.25, 0.3) is 5.56 Å². The van der Waals surface area contributed by atoms with Gasteiger partial charge >= 0.3 is 12.1 Å². The Balaban J connectivity index is 1.71. The minimum atomic E-state index is -4.85. The quantitative estimate of drug-likeness (QED) is 0.583. The van der Waals surface area contributed by atoms with Gasteiger partial charge < -0.3 is 10.1 Å². The molecule has 1 aliphatic heterocycles. The van der Waals surface area contributed by atoms with Crippen LogP contribution in [0.5, 0.6) is 5.75 Å². The minimum absolute atomic E-state index is 0.0870. The van der Waals surface area contributed by atoms with Crippen molar-refractivity contribution < 1.29 is 22.7 Å². The molecule has 1 aromatic heterocycles. The number of carbonyl (C=O) groups excluding carboxylic acids is 1. The Morgan fingerprint density at radius 3 is 2.23 bits per heavy atom. The molecule has 1 unspecified atom stereocenters. The molecule has 0 spiro atoms. The number of alkyl halides is 3. The predicted octanol–water partition coefficient (Wildman–Crippen LogP) is 3.13. The van der Waals surface area contributed by atoms with Gasteiger partial charge in [-0.3, -0.25) is 19.6 Å². The molecular formula is C21H12F3N3O4. The van der Waals surface area contributed by atoms with E-state index in [2.05, 4.69) is 20.0 Å². The number of Topliss-reactive ketones (excluding diaryl/α,β-unsaturated/α-hetero) is 1. The highest BCUT2D eigenvalue weighted by molar-refractivity contribution is 6.23. The van der Waals surface area contributed by atoms with Crippen LogP contribution in [0.15, 0.2) is 63.7 Å². The van der Waals surface area contributed by atoms with Gasteiger partial charge in [-0.2, -0.15) is 0 Å². The topological polar surface area (TPSA) is 104 Å². The van der Waals surface area contributed by atoms with E-state index in [0.29, 0.717) is 22.4 Å². The summed E-state index contributed by atoms with van der Waals surface area (Å²) < 4.78 is 41.4. The maximum absolute atomic E-state index is 13.2. The Morgan fingerprint density at radius 1 is 0.871 bits per heavy atom. The molecule has 0 bridgehead atoms. The number of anilines is 1. The third-order valence-corrected chi connectivity index (χ3v) is 5.21. The number of halogens is 3. The average Bonchev–Trinajstić information content (AvgIpc) is 2.98. The average molecular weight is 427 g/mol. The number of hydrogen-bond donors (Lipinski definition) is 3. The number of rotatable bonds is 2. The van der Waals surface area contributed by atoms with Crippen LogP contribution in [0, 0.1) is 0 Å². The number of aromatic amines is 2. The van der Waals surface area contributed by atoms with Crippen LogP contribution in [0.4, 0.5) is 19.0 Å². The van der Waals surface area contributed by atoms with E-state index in [1.165, 1.54) is 12.1 Å². The van der Waals surface area contributed by atoms with Gasteiger partial charge in [0.05, 0.1) is 11.3 Å². The van der Waals surface area contributed by atoms with Crippen molar-refractivity contribution in [1.29, 1.82) is 0 Å². The van der Waals surface area contributed by atoms with Crippen molar-refractivity contribution in [2.45, 2.75) is 12.3 Å². The summed E-state index contributed by atoms with van der Waals surface area (Å²) in [5, 5.41) is 2.98. The number of ether oxygens (including phenoxy) is 1. The summed E-state index contributed by atoms with van der Waals surface area (Å²) in [6.45, 7) is 0. The van der Waals surface area contributed by atoms with Crippen LogP contribution >= 0.6 is 0 Å². The van der Waals surface area contributed by atoms with Crippen LogP contribution in [-0.4, -0.2) is 22.1 Å². The van der Waals surface area contributed by atoms with Crippen LogP contribution in [0.25, 0.3) is 5.70 Å². The SMILES string of the molecule is O=C1C2=C(Nc3[nH]c(=O)[nH]c(=O)c3C2c2ccc(OC(F)(F)F)cc2)c2ccccc21. The maximum atomic E-state index is 13.2. The van der Waals surface area contributed by atoms with E-state index in [4.69, 9.17) is 0 Å². The zero-order valence-corrected chi connectivity index (χ0v) is 15.5. The van der Waals surface area contributed by atoms with E-state index in [0.717, 1.165) is 12.1 Å². The number of benzene rings is 2. The molecule has 2 aliphatic rings. The first-order valence-corrected chi connectivity index (χ1v) is 9.10. The Kier molecular flexibility index (Phi) is 3.94. The highest BCUT2D eigenvalue weighted by Gasteiger charge is 2.41. The molecule has 0 radical (unpaired) electrons.